The predicted octanol–water partition coefficient (Wildman–Crippen LogP) is 5.28. The van der Waals surface area contributed by atoms with Gasteiger partial charge in [0.15, 0.2) is 0 Å². The van der Waals surface area contributed by atoms with Gasteiger partial charge in [0, 0.05) is 19.1 Å². The van der Waals surface area contributed by atoms with Crippen LogP contribution in [-0.2, 0) is 13.1 Å². The zero-order chi connectivity index (χ0) is 22.9. The summed E-state index contributed by atoms with van der Waals surface area (Å²) in [5, 5.41) is 0.614. The summed E-state index contributed by atoms with van der Waals surface area (Å²) < 4.78 is 12.2. The van der Waals surface area contributed by atoms with Gasteiger partial charge in [-0.1, -0.05) is 60.7 Å². The molecule has 1 fully saturated rings. The van der Waals surface area contributed by atoms with E-state index in [0.29, 0.717) is 29.3 Å². The summed E-state index contributed by atoms with van der Waals surface area (Å²) in [4.78, 5) is 18.2. The lowest BCUT2D eigenvalue weighted by molar-refractivity contribution is 0.0244. The SMILES string of the molecule is O=c1c(-c2ccccc2)coc2c3c(ccc12)OCN(C1CCN(Cc2ccccc2)CC1)C3. The average molecular weight is 453 g/mol. The van der Waals surface area contributed by atoms with Crippen LogP contribution in [0.15, 0.2) is 88.3 Å². The second kappa shape index (κ2) is 9.09. The zero-order valence-electron chi connectivity index (χ0n) is 19.2. The first kappa shape index (κ1) is 21.1. The maximum absolute atomic E-state index is 13.3. The number of ether oxygens (including phenoxy) is 1. The topological polar surface area (TPSA) is 45.9 Å². The van der Waals surface area contributed by atoms with Crippen LogP contribution in [0.25, 0.3) is 22.1 Å². The summed E-state index contributed by atoms with van der Waals surface area (Å²) in [6.45, 7) is 4.48. The molecule has 3 heterocycles. The van der Waals surface area contributed by atoms with Gasteiger partial charge in [-0.3, -0.25) is 14.6 Å². The lowest BCUT2D eigenvalue weighted by Gasteiger charge is -2.40. The van der Waals surface area contributed by atoms with Crippen molar-refractivity contribution in [2.45, 2.75) is 32.0 Å². The Hall–Kier alpha value is -3.41. The third kappa shape index (κ3) is 4.02. The van der Waals surface area contributed by atoms with Gasteiger partial charge in [-0.25, -0.2) is 0 Å². The van der Waals surface area contributed by atoms with Crippen molar-refractivity contribution in [1.29, 1.82) is 0 Å². The van der Waals surface area contributed by atoms with Crippen LogP contribution in [-0.4, -0.2) is 35.7 Å². The highest BCUT2D eigenvalue weighted by Crippen LogP contribution is 2.34. The third-order valence-electron chi connectivity index (χ3n) is 7.16. The van der Waals surface area contributed by atoms with Gasteiger partial charge in [0.1, 0.15) is 24.3 Å². The van der Waals surface area contributed by atoms with Crippen LogP contribution in [0.4, 0.5) is 0 Å². The van der Waals surface area contributed by atoms with Gasteiger partial charge in [0.25, 0.3) is 0 Å². The number of likely N-dealkylation sites (tertiary alicyclic amines) is 1. The zero-order valence-corrected chi connectivity index (χ0v) is 19.2. The molecule has 0 spiro atoms. The van der Waals surface area contributed by atoms with Crippen molar-refractivity contribution in [3.63, 3.8) is 0 Å². The molecule has 0 radical (unpaired) electrons. The predicted molar refractivity (Wildman–Crippen MR) is 134 cm³/mol. The number of rotatable bonds is 4. The molecule has 2 aliphatic rings. The van der Waals surface area contributed by atoms with E-state index >= 15 is 0 Å². The van der Waals surface area contributed by atoms with E-state index < -0.39 is 0 Å². The van der Waals surface area contributed by atoms with E-state index in [0.717, 1.165) is 55.9 Å². The molecule has 1 saturated heterocycles. The number of fused-ring (bicyclic) bond motifs is 3. The standard InChI is InChI=1S/C29H28N2O3/c32-28-24-11-12-27-25(29(24)33-19-26(28)22-9-5-2-6-10-22)18-31(20-34-27)23-13-15-30(16-14-23)17-21-7-3-1-4-8-21/h1-12,19,23H,13-18,20H2. The van der Waals surface area contributed by atoms with E-state index in [1.165, 1.54) is 5.56 Å². The first-order valence-electron chi connectivity index (χ1n) is 12.0. The molecule has 0 aliphatic carbocycles. The molecule has 0 bridgehead atoms. The Morgan fingerprint density at radius 1 is 0.882 bits per heavy atom. The van der Waals surface area contributed by atoms with Crippen molar-refractivity contribution in [2.24, 2.45) is 0 Å². The largest absolute Gasteiger partial charge is 0.478 e. The maximum atomic E-state index is 13.3. The van der Waals surface area contributed by atoms with Gasteiger partial charge >= 0.3 is 0 Å². The molecule has 0 saturated carbocycles. The normalized spacial score (nSPS) is 17.4. The molecule has 5 nitrogen and oxygen atoms in total. The molecule has 5 heteroatoms. The van der Waals surface area contributed by atoms with Crippen molar-refractivity contribution >= 4 is 11.0 Å². The van der Waals surface area contributed by atoms with Gasteiger partial charge in [-0.05, 0) is 49.2 Å². The summed E-state index contributed by atoms with van der Waals surface area (Å²) in [6.07, 6.45) is 3.82. The second-order valence-electron chi connectivity index (χ2n) is 9.28. The molecule has 3 aromatic carbocycles. The third-order valence-corrected chi connectivity index (χ3v) is 7.16. The number of hydrogen-bond acceptors (Lipinski definition) is 5. The number of nitrogens with zero attached hydrogens (tertiary/aromatic N) is 2. The monoisotopic (exact) mass is 452 g/mol. The first-order chi connectivity index (χ1) is 16.8. The highest BCUT2D eigenvalue weighted by molar-refractivity contribution is 5.85. The van der Waals surface area contributed by atoms with Crippen LogP contribution in [0.1, 0.15) is 24.0 Å². The molecule has 172 valence electrons. The van der Waals surface area contributed by atoms with Gasteiger partial charge in [0.2, 0.25) is 5.43 Å². The van der Waals surface area contributed by atoms with Gasteiger partial charge in [0.05, 0.1) is 16.5 Å². The molecule has 2 aliphatic heterocycles. The number of piperidine rings is 1. The van der Waals surface area contributed by atoms with Crippen molar-refractivity contribution in [2.75, 3.05) is 19.8 Å². The van der Waals surface area contributed by atoms with Gasteiger partial charge in [-0.2, -0.15) is 0 Å². The van der Waals surface area contributed by atoms with E-state index in [2.05, 4.69) is 40.1 Å². The van der Waals surface area contributed by atoms with Gasteiger partial charge in [-0.15, -0.1) is 0 Å². The average Bonchev–Trinajstić information content (AvgIpc) is 2.90. The Morgan fingerprint density at radius 2 is 1.62 bits per heavy atom. The Morgan fingerprint density at radius 3 is 2.38 bits per heavy atom. The van der Waals surface area contributed by atoms with E-state index in [9.17, 15) is 4.79 Å². The minimum absolute atomic E-state index is 0.00148. The minimum Gasteiger partial charge on any atom is -0.478 e. The summed E-state index contributed by atoms with van der Waals surface area (Å²) in [6, 6.07) is 24.6. The Labute approximate surface area is 199 Å². The quantitative estimate of drug-likeness (QED) is 0.422. The highest BCUT2D eigenvalue weighted by atomic mass is 16.5. The number of hydrogen-bond donors (Lipinski definition) is 0. The van der Waals surface area contributed by atoms with Crippen molar-refractivity contribution in [1.82, 2.24) is 9.80 Å². The lowest BCUT2D eigenvalue weighted by Crippen LogP contribution is -2.47. The maximum Gasteiger partial charge on any atom is 0.200 e. The molecule has 0 N–H and O–H groups in total. The van der Waals surface area contributed by atoms with Crippen LogP contribution >= 0.6 is 0 Å². The Kier molecular flexibility index (Phi) is 5.65. The molecule has 6 rings (SSSR count). The molecule has 0 unspecified atom stereocenters. The smallest absolute Gasteiger partial charge is 0.200 e. The second-order valence-corrected chi connectivity index (χ2v) is 9.28. The highest BCUT2D eigenvalue weighted by Gasteiger charge is 2.30. The molecule has 1 aromatic heterocycles. The van der Waals surface area contributed by atoms with Crippen molar-refractivity contribution in [3.8, 4) is 16.9 Å². The first-order valence-corrected chi connectivity index (χ1v) is 12.0. The van der Waals surface area contributed by atoms with Crippen LogP contribution in [0, 0.1) is 0 Å². The molecule has 4 aromatic rings. The molecule has 0 atom stereocenters. The molecule has 0 amide bonds. The summed E-state index contributed by atoms with van der Waals surface area (Å²) in [5.74, 6) is 0.820. The van der Waals surface area contributed by atoms with Gasteiger partial charge < -0.3 is 9.15 Å². The fraction of sp³-hybridized carbons (Fsp3) is 0.276. The summed E-state index contributed by atoms with van der Waals surface area (Å²) in [7, 11) is 0. The van der Waals surface area contributed by atoms with E-state index in [-0.39, 0.29) is 5.43 Å². The van der Waals surface area contributed by atoms with Crippen molar-refractivity contribution < 1.29 is 9.15 Å². The molecular formula is C29H28N2O3. The van der Waals surface area contributed by atoms with E-state index in [1.54, 1.807) is 6.26 Å². The molecular weight excluding hydrogens is 424 g/mol. The Bertz CT molecular complexity index is 1340. The Balaban J connectivity index is 1.20. The van der Waals surface area contributed by atoms with Crippen LogP contribution in [0.3, 0.4) is 0 Å². The fourth-order valence-corrected chi connectivity index (χ4v) is 5.26. The van der Waals surface area contributed by atoms with E-state index in [4.69, 9.17) is 9.15 Å². The van der Waals surface area contributed by atoms with Crippen LogP contribution < -0.4 is 10.2 Å². The summed E-state index contributed by atoms with van der Waals surface area (Å²) in [5.41, 5.74) is 4.46. The van der Waals surface area contributed by atoms with E-state index in [1.807, 2.05) is 42.5 Å². The molecule has 34 heavy (non-hydrogen) atoms. The summed E-state index contributed by atoms with van der Waals surface area (Å²) >= 11 is 0. The van der Waals surface area contributed by atoms with Crippen LogP contribution in [0.5, 0.6) is 5.75 Å². The minimum atomic E-state index is 0.00148. The lowest BCUT2D eigenvalue weighted by atomic mass is 10.00. The van der Waals surface area contributed by atoms with Crippen LogP contribution in [0.2, 0.25) is 0 Å². The number of benzene rings is 3. The van der Waals surface area contributed by atoms with Crippen molar-refractivity contribution in [3.05, 3.63) is 100 Å². The fourth-order valence-electron chi connectivity index (χ4n) is 5.26.